The van der Waals surface area contributed by atoms with Crippen LogP contribution in [0.3, 0.4) is 0 Å². The normalized spacial score (nSPS) is 16.4. The molecule has 3 nitrogen and oxygen atoms in total. The highest BCUT2D eigenvalue weighted by Gasteiger charge is 2.32. The van der Waals surface area contributed by atoms with Crippen molar-refractivity contribution in [3.63, 3.8) is 0 Å². The smallest absolute Gasteiger partial charge is 0.416 e. The average molecular weight is 367 g/mol. The van der Waals surface area contributed by atoms with Gasteiger partial charge in [0.1, 0.15) is 5.75 Å². The predicted molar refractivity (Wildman–Crippen MR) is 91.0 cm³/mol. The molecule has 0 aromatic heterocycles. The van der Waals surface area contributed by atoms with Crippen LogP contribution in [0.25, 0.3) is 0 Å². The minimum Gasteiger partial charge on any atom is -0.492 e. The lowest BCUT2D eigenvalue weighted by Crippen LogP contribution is -2.25. The van der Waals surface area contributed by atoms with Crippen molar-refractivity contribution in [2.75, 3.05) is 11.9 Å². The van der Waals surface area contributed by atoms with Gasteiger partial charge in [0.2, 0.25) is 5.91 Å². The summed E-state index contributed by atoms with van der Waals surface area (Å²) < 4.78 is 44.2. The summed E-state index contributed by atoms with van der Waals surface area (Å²) in [6, 6.07) is 10.8. The van der Waals surface area contributed by atoms with E-state index < -0.39 is 11.7 Å². The SMILES string of the molecule is CCOc1ccc(C(F)(F)F)cc1NC(=O)C1Cc2ccccc2S1. The average Bonchev–Trinajstić information content (AvgIpc) is 3.00. The number of carbonyl (C=O) groups is 1. The number of nitrogens with one attached hydrogen (secondary N) is 1. The highest BCUT2D eigenvalue weighted by Crippen LogP contribution is 2.39. The Morgan fingerprint density at radius 1 is 1.28 bits per heavy atom. The van der Waals surface area contributed by atoms with Crippen LogP contribution in [-0.2, 0) is 17.4 Å². The van der Waals surface area contributed by atoms with E-state index in [9.17, 15) is 18.0 Å². The third-order valence-electron chi connectivity index (χ3n) is 3.80. The molecular formula is C18H16F3NO2S. The van der Waals surface area contributed by atoms with Crippen molar-refractivity contribution < 1.29 is 22.7 Å². The zero-order valence-electron chi connectivity index (χ0n) is 13.4. The molecule has 1 unspecified atom stereocenters. The largest absolute Gasteiger partial charge is 0.492 e. The molecule has 132 valence electrons. The molecule has 25 heavy (non-hydrogen) atoms. The molecule has 2 aromatic rings. The lowest BCUT2D eigenvalue weighted by atomic mass is 10.1. The molecule has 0 aliphatic carbocycles. The molecule has 0 saturated carbocycles. The second-order valence-electron chi connectivity index (χ2n) is 5.55. The van der Waals surface area contributed by atoms with Gasteiger partial charge in [0.15, 0.2) is 0 Å². The Morgan fingerprint density at radius 2 is 2.04 bits per heavy atom. The molecule has 1 atom stereocenters. The second-order valence-corrected chi connectivity index (χ2v) is 6.79. The minimum absolute atomic E-state index is 0.0400. The van der Waals surface area contributed by atoms with Gasteiger partial charge in [-0.1, -0.05) is 18.2 Å². The second kappa shape index (κ2) is 7.00. The molecular weight excluding hydrogens is 351 g/mol. The van der Waals surface area contributed by atoms with Crippen LogP contribution < -0.4 is 10.1 Å². The van der Waals surface area contributed by atoms with Crippen LogP contribution in [0, 0.1) is 0 Å². The summed E-state index contributed by atoms with van der Waals surface area (Å²) in [6.45, 7) is 2.02. The fourth-order valence-electron chi connectivity index (χ4n) is 2.63. The van der Waals surface area contributed by atoms with Crippen molar-refractivity contribution in [2.24, 2.45) is 0 Å². The number of hydrogen-bond donors (Lipinski definition) is 1. The molecule has 0 fully saturated rings. The van der Waals surface area contributed by atoms with Gasteiger partial charge in [-0.05, 0) is 43.2 Å². The van der Waals surface area contributed by atoms with Crippen molar-refractivity contribution in [3.8, 4) is 5.75 Å². The number of anilines is 1. The third kappa shape index (κ3) is 3.92. The Labute approximate surface area is 147 Å². The first-order valence-corrected chi connectivity index (χ1v) is 8.66. The van der Waals surface area contributed by atoms with E-state index in [4.69, 9.17) is 4.74 Å². The number of carbonyl (C=O) groups excluding carboxylic acids is 1. The monoisotopic (exact) mass is 367 g/mol. The number of thioether (sulfide) groups is 1. The van der Waals surface area contributed by atoms with E-state index in [1.807, 2.05) is 24.3 Å². The molecule has 1 aliphatic rings. The zero-order valence-corrected chi connectivity index (χ0v) is 14.2. The first-order valence-electron chi connectivity index (χ1n) is 7.78. The van der Waals surface area contributed by atoms with Crippen molar-refractivity contribution in [3.05, 3.63) is 53.6 Å². The summed E-state index contributed by atoms with van der Waals surface area (Å²) in [4.78, 5) is 13.6. The molecule has 0 radical (unpaired) electrons. The van der Waals surface area contributed by atoms with Gasteiger partial charge in [-0.25, -0.2) is 0 Å². The predicted octanol–water partition coefficient (Wildman–Crippen LogP) is 4.76. The van der Waals surface area contributed by atoms with E-state index in [0.29, 0.717) is 6.42 Å². The molecule has 0 saturated heterocycles. The Bertz CT molecular complexity index is 767. The minimum atomic E-state index is -4.48. The molecule has 1 aliphatic heterocycles. The standard InChI is InChI=1S/C18H16F3NO2S/c1-2-24-14-8-7-12(18(19,20)21)10-13(14)22-17(23)16-9-11-5-3-4-6-15(11)25-16/h3-8,10,16H,2,9H2,1H3,(H,22,23). The summed E-state index contributed by atoms with van der Waals surface area (Å²) in [7, 11) is 0. The highest BCUT2D eigenvalue weighted by molar-refractivity contribution is 8.01. The van der Waals surface area contributed by atoms with Gasteiger partial charge < -0.3 is 10.1 Å². The summed E-state index contributed by atoms with van der Waals surface area (Å²) in [5, 5.41) is 2.23. The van der Waals surface area contributed by atoms with E-state index in [2.05, 4.69) is 5.32 Å². The van der Waals surface area contributed by atoms with Crippen LogP contribution >= 0.6 is 11.8 Å². The number of halogens is 3. The Balaban J connectivity index is 1.80. The topological polar surface area (TPSA) is 38.3 Å². The van der Waals surface area contributed by atoms with Gasteiger partial charge >= 0.3 is 6.18 Å². The van der Waals surface area contributed by atoms with Crippen molar-refractivity contribution in [1.29, 1.82) is 0 Å². The Hall–Kier alpha value is -2.15. The summed E-state index contributed by atoms with van der Waals surface area (Å²) in [5.74, 6) is -0.106. The van der Waals surface area contributed by atoms with Crippen LogP contribution in [0.15, 0.2) is 47.4 Å². The van der Waals surface area contributed by atoms with Gasteiger partial charge in [-0.2, -0.15) is 13.2 Å². The quantitative estimate of drug-likeness (QED) is 0.847. The van der Waals surface area contributed by atoms with E-state index >= 15 is 0 Å². The Kier molecular flexibility index (Phi) is 4.94. The summed E-state index contributed by atoms with van der Waals surface area (Å²) in [6.07, 6.45) is -3.93. The fraction of sp³-hybridized carbons (Fsp3) is 0.278. The van der Waals surface area contributed by atoms with Crippen LogP contribution in [0.1, 0.15) is 18.1 Å². The number of hydrogen-bond acceptors (Lipinski definition) is 3. The fourth-order valence-corrected chi connectivity index (χ4v) is 3.82. The number of fused-ring (bicyclic) bond motifs is 1. The van der Waals surface area contributed by atoms with Crippen LogP contribution in [0.5, 0.6) is 5.75 Å². The molecule has 0 bridgehead atoms. The maximum atomic E-state index is 12.9. The number of alkyl halides is 3. The molecule has 7 heteroatoms. The van der Waals surface area contributed by atoms with Gasteiger partial charge in [-0.15, -0.1) is 11.8 Å². The molecule has 1 amide bonds. The van der Waals surface area contributed by atoms with Crippen LogP contribution in [0.4, 0.5) is 18.9 Å². The van der Waals surface area contributed by atoms with Crippen LogP contribution in [-0.4, -0.2) is 17.8 Å². The van der Waals surface area contributed by atoms with Gasteiger partial charge in [0.05, 0.1) is 23.1 Å². The number of ether oxygens (including phenoxy) is 1. The number of benzene rings is 2. The zero-order chi connectivity index (χ0) is 18.0. The summed E-state index contributed by atoms with van der Waals surface area (Å²) >= 11 is 1.42. The van der Waals surface area contributed by atoms with E-state index in [-0.39, 0.29) is 29.2 Å². The van der Waals surface area contributed by atoms with E-state index in [0.717, 1.165) is 22.6 Å². The lowest BCUT2D eigenvalue weighted by Gasteiger charge is -2.16. The third-order valence-corrected chi connectivity index (χ3v) is 5.12. The van der Waals surface area contributed by atoms with Gasteiger partial charge in [0, 0.05) is 4.90 Å². The summed E-state index contributed by atoms with van der Waals surface area (Å²) in [5.41, 5.74) is 0.286. The number of rotatable bonds is 4. The molecule has 3 rings (SSSR count). The van der Waals surface area contributed by atoms with E-state index in [1.165, 1.54) is 17.8 Å². The maximum absolute atomic E-state index is 12.9. The van der Waals surface area contributed by atoms with Crippen molar-refractivity contribution >= 4 is 23.4 Å². The van der Waals surface area contributed by atoms with E-state index in [1.54, 1.807) is 6.92 Å². The van der Waals surface area contributed by atoms with Crippen LogP contribution in [0.2, 0.25) is 0 Å². The van der Waals surface area contributed by atoms with Crippen molar-refractivity contribution in [1.82, 2.24) is 0 Å². The Morgan fingerprint density at radius 3 is 2.72 bits per heavy atom. The first-order chi connectivity index (χ1) is 11.9. The molecule has 2 aromatic carbocycles. The van der Waals surface area contributed by atoms with Gasteiger partial charge in [-0.3, -0.25) is 4.79 Å². The first kappa shape index (κ1) is 17.7. The maximum Gasteiger partial charge on any atom is 0.416 e. The van der Waals surface area contributed by atoms with Gasteiger partial charge in [0.25, 0.3) is 0 Å². The molecule has 1 N–H and O–H groups in total. The lowest BCUT2D eigenvalue weighted by molar-refractivity contribution is -0.137. The highest BCUT2D eigenvalue weighted by atomic mass is 32.2. The molecule has 1 heterocycles. The van der Waals surface area contributed by atoms with Crippen molar-refractivity contribution in [2.45, 2.75) is 29.7 Å². The molecule has 0 spiro atoms. The number of amides is 1.